The molecule has 0 saturated carbocycles. The third-order valence-corrected chi connectivity index (χ3v) is 6.20. The smallest absolute Gasteiger partial charge is 0.168 e. The van der Waals surface area contributed by atoms with Gasteiger partial charge in [0, 0.05) is 0 Å². The summed E-state index contributed by atoms with van der Waals surface area (Å²) < 4.78 is 2.62. The lowest BCUT2D eigenvalue weighted by atomic mass is 10.2. The Morgan fingerprint density at radius 3 is 2.18 bits per heavy atom. The number of benzene rings is 1. The fraction of sp³-hybridized carbons (Fsp3) is 0.467. The van der Waals surface area contributed by atoms with Crippen molar-refractivity contribution in [1.29, 1.82) is 0 Å². The average molecular weight is 247 g/mol. The van der Waals surface area contributed by atoms with Gasteiger partial charge in [-0.05, 0) is 24.2 Å². The minimum absolute atomic E-state index is 0.643. The summed E-state index contributed by atoms with van der Waals surface area (Å²) in [6.45, 7) is 11.3. The average Bonchev–Trinajstić information content (AvgIpc) is 2.35. The molecule has 0 aliphatic rings. The molecule has 0 radical (unpaired) electrons. The zero-order chi connectivity index (χ0) is 12.7. The van der Waals surface area contributed by atoms with Crippen molar-refractivity contribution in [3.05, 3.63) is 42.1 Å². The Morgan fingerprint density at radius 2 is 1.71 bits per heavy atom. The molecular formula is C15H25NSi. The van der Waals surface area contributed by atoms with Crippen molar-refractivity contribution in [3.8, 4) is 0 Å². The lowest BCUT2D eigenvalue weighted by Gasteiger charge is -2.26. The molecule has 0 spiro atoms. The molecule has 0 N–H and O–H groups in total. The second-order valence-electron chi connectivity index (χ2n) is 4.71. The molecule has 1 aromatic carbocycles. The van der Waals surface area contributed by atoms with Crippen LogP contribution in [0.4, 0.5) is 0 Å². The van der Waals surface area contributed by atoms with Crippen LogP contribution in [0.3, 0.4) is 0 Å². The first-order valence-corrected chi connectivity index (χ1v) is 8.42. The van der Waals surface area contributed by atoms with Crippen molar-refractivity contribution in [2.24, 2.45) is 5.92 Å². The SMILES string of the molecule is CCN(CC)[SiH](C=CC(C)C)c1ccccc1. The highest BCUT2D eigenvalue weighted by molar-refractivity contribution is 6.75. The van der Waals surface area contributed by atoms with Crippen molar-refractivity contribution in [2.45, 2.75) is 27.7 Å². The number of rotatable bonds is 6. The highest BCUT2D eigenvalue weighted by Gasteiger charge is 2.16. The van der Waals surface area contributed by atoms with Crippen LogP contribution in [0.1, 0.15) is 27.7 Å². The zero-order valence-corrected chi connectivity index (χ0v) is 12.7. The van der Waals surface area contributed by atoms with Crippen LogP contribution in [0.2, 0.25) is 0 Å². The van der Waals surface area contributed by atoms with E-state index < -0.39 is 8.96 Å². The fourth-order valence-corrected chi connectivity index (χ4v) is 4.98. The zero-order valence-electron chi connectivity index (χ0n) is 11.6. The van der Waals surface area contributed by atoms with Gasteiger partial charge in [-0.1, -0.05) is 69.8 Å². The topological polar surface area (TPSA) is 3.24 Å². The molecule has 0 amide bonds. The van der Waals surface area contributed by atoms with Gasteiger partial charge in [0.25, 0.3) is 0 Å². The first-order valence-electron chi connectivity index (χ1n) is 6.66. The van der Waals surface area contributed by atoms with E-state index in [1.165, 1.54) is 5.19 Å². The van der Waals surface area contributed by atoms with Gasteiger partial charge in [0.2, 0.25) is 0 Å². The fourth-order valence-electron chi connectivity index (χ4n) is 2.04. The molecule has 0 aromatic heterocycles. The van der Waals surface area contributed by atoms with Crippen molar-refractivity contribution < 1.29 is 0 Å². The highest BCUT2D eigenvalue weighted by Crippen LogP contribution is 2.02. The van der Waals surface area contributed by atoms with E-state index in [-0.39, 0.29) is 0 Å². The maximum absolute atomic E-state index is 2.62. The Hall–Kier alpha value is -0.863. The molecular weight excluding hydrogens is 222 g/mol. The summed E-state index contributed by atoms with van der Waals surface area (Å²) in [4.78, 5) is 0. The number of nitrogens with zero attached hydrogens (tertiary/aromatic N) is 1. The Morgan fingerprint density at radius 1 is 1.12 bits per heavy atom. The second-order valence-corrected chi connectivity index (χ2v) is 7.38. The van der Waals surface area contributed by atoms with Crippen molar-refractivity contribution in [3.63, 3.8) is 0 Å². The van der Waals surface area contributed by atoms with Crippen molar-refractivity contribution in [1.82, 2.24) is 4.57 Å². The van der Waals surface area contributed by atoms with Gasteiger partial charge in [0.1, 0.15) is 0 Å². The molecule has 0 fully saturated rings. The number of hydrogen-bond acceptors (Lipinski definition) is 1. The predicted molar refractivity (Wildman–Crippen MR) is 80.1 cm³/mol. The molecule has 94 valence electrons. The summed E-state index contributed by atoms with van der Waals surface area (Å²) in [7, 11) is -1.11. The van der Waals surface area contributed by atoms with Gasteiger partial charge < -0.3 is 4.57 Å². The van der Waals surface area contributed by atoms with Gasteiger partial charge in [-0.3, -0.25) is 0 Å². The van der Waals surface area contributed by atoms with Crippen LogP contribution < -0.4 is 5.19 Å². The quantitative estimate of drug-likeness (QED) is 0.699. The molecule has 17 heavy (non-hydrogen) atoms. The van der Waals surface area contributed by atoms with E-state index in [4.69, 9.17) is 0 Å². The van der Waals surface area contributed by atoms with E-state index in [2.05, 4.69) is 74.4 Å². The monoisotopic (exact) mass is 247 g/mol. The van der Waals surface area contributed by atoms with Gasteiger partial charge in [-0.2, -0.15) is 0 Å². The van der Waals surface area contributed by atoms with Gasteiger partial charge in [-0.15, -0.1) is 0 Å². The molecule has 0 aliphatic heterocycles. The van der Waals surface area contributed by atoms with E-state index in [0.717, 1.165) is 13.1 Å². The minimum Gasteiger partial charge on any atom is -0.320 e. The third kappa shape index (κ3) is 4.48. The van der Waals surface area contributed by atoms with Crippen LogP contribution in [0.15, 0.2) is 42.1 Å². The van der Waals surface area contributed by atoms with Crippen molar-refractivity contribution in [2.75, 3.05) is 13.1 Å². The number of allylic oxidation sites excluding steroid dienone is 1. The molecule has 1 nitrogen and oxygen atoms in total. The largest absolute Gasteiger partial charge is 0.320 e. The highest BCUT2D eigenvalue weighted by atomic mass is 28.3. The summed E-state index contributed by atoms with van der Waals surface area (Å²) in [5.74, 6) is 0.643. The molecule has 0 saturated heterocycles. The molecule has 1 unspecified atom stereocenters. The standard InChI is InChI=1S/C15H25NSi/c1-5-16(6-2)17(13-12-14(3)4)15-10-8-7-9-11-15/h7-14,17H,5-6H2,1-4H3. The molecule has 2 heteroatoms. The maximum Gasteiger partial charge on any atom is 0.168 e. The normalized spacial score (nSPS) is 13.8. The lowest BCUT2D eigenvalue weighted by Crippen LogP contribution is -2.47. The van der Waals surface area contributed by atoms with Gasteiger partial charge in [0.15, 0.2) is 8.96 Å². The number of hydrogen-bond donors (Lipinski definition) is 0. The molecule has 0 bridgehead atoms. The first kappa shape index (κ1) is 14.2. The van der Waals surface area contributed by atoms with E-state index in [1.807, 2.05) is 0 Å². The molecule has 1 rings (SSSR count). The molecule has 1 aromatic rings. The van der Waals surface area contributed by atoms with E-state index in [0.29, 0.717) is 5.92 Å². The Kier molecular flexibility index (Phi) is 6.23. The molecule has 1 atom stereocenters. The Labute approximate surface area is 108 Å². The Bertz CT molecular complexity index is 328. The predicted octanol–water partition coefficient (Wildman–Crippen LogP) is 2.71. The second kappa shape index (κ2) is 7.46. The van der Waals surface area contributed by atoms with Crippen LogP contribution in [0, 0.1) is 5.92 Å². The van der Waals surface area contributed by atoms with Crippen LogP contribution in [0.25, 0.3) is 0 Å². The van der Waals surface area contributed by atoms with Gasteiger partial charge in [0.05, 0.1) is 0 Å². The summed E-state index contributed by atoms with van der Waals surface area (Å²) >= 11 is 0. The lowest BCUT2D eigenvalue weighted by molar-refractivity contribution is 0.490. The van der Waals surface area contributed by atoms with E-state index in [9.17, 15) is 0 Å². The minimum atomic E-state index is -1.11. The van der Waals surface area contributed by atoms with E-state index in [1.54, 1.807) is 0 Å². The van der Waals surface area contributed by atoms with Gasteiger partial charge in [-0.25, -0.2) is 0 Å². The summed E-state index contributed by atoms with van der Waals surface area (Å²) in [5, 5.41) is 1.52. The van der Waals surface area contributed by atoms with E-state index >= 15 is 0 Å². The first-order chi connectivity index (χ1) is 8.19. The van der Waals surface area contributed by atoms with Crippen LogP contribution in [-0.2, 0) is 0 Å². The van der Waals surface area contributed by atoms with Crippen LogP contribution >= 0.6 is 0 Å². The third-order valence-electron chi connectivity index (χ3n) is 3.03. The molecule has 0 heterocycles. The van der Waals surface area contributed by atoms with Crippen LogP contribution in [-0.4, -0.2) is 26.6 Å². The summed E-state index contributed by atoms with van der Waals surface area (Å²) in [6.07, 6.45) is 2.36. The van der Waals surface area contributed by atoms with Crippen LogP contribution in [0.5, 0.6) is 0 Å². The summed E-state index contributed by atoms with van der Waals surface area (Å²) in [5.41, 5.74) is 2.48. The van der Waals surface area contributed by atoms with Crippen molar-refractivity contribution >= 4 is 14.1 Å². The molecule has 0 aliphatic carbocycles. The summed E-state index contributed by atoms with van der Waals surface area (Å²) in [6, 6.07) is 11.0. The Balaban J connectivity index is 2.94. The maximum atomic E-state index is 2.62. The van der Waals surface area contributed by atoms with Gasteiger partial charge >= 0.3 is 0 Å².